The number of nitrogens with zero attached hydrogens (tertiary/aromatic N) is 3. The first kappa shape index (κ1) is 24.3. The van der Waals surface area contributed by atoms with Gasteiger partial charge in [0.1, 0.15) is 18.4 Å². The smallest absolute Gasteiger partial charge is 0.317 e. The summed E-state index contributed by atoms with van der Waals surface area (Å²) >= 11 is 0.989. The lowest BCUT2D eigenvalue weighted by Gasteiger charge is -2.31. The molecule has 30 heavy (non-hydrogen) atoms. The maximum atomic E-state index is 12.2. The summed E-state index contributed by atoms with van der Waals surface area (Å²) in [6.45, 7) is 6.87. The molecule has 1 aromatic heterocycles. The molecule has 12 heteroatoms. The Bertz CT molecular complexity index is 680. The molecule has 0 aromatic carbocycles. The second kappa shape index (κ2) is 12.0. The molecule has 2 rings (SSSR count). The number of carbonyl (C=O) groups is 2. The van der Waals surface area contributed by atoms with Crippen molar-refractivity contribution in [3.05, 3.63) is 5.69 Å². The fraction of sp³-hybridized carbons (Fsp3) is 0.778. The highest BCUT2D eigenvalue weighted by molar-refractivity contribution is 6.99. The van der Waals surface area contributed by atoms with Crippen molar-refractivity contribution >= 4 is 23.7 Å². The van der Waals surface area contributed by atoms with Gasteiger partial charge < -0.3 is 34.9 Å². The third kappa shape index (κ3) is 8.38. The van der Waals surface area contributed by atoms with Crippen LogP contribution in [-0.2, 0) is 20.7 Å². The van der Waals surface area contributed by atoms with E-state index in [4.69, 9.17) is 9.47 Å². The molecule has 0 radical (unpaired) electrons. The van der Waals surface area contributed by atoms with E-state index in [1.165, 1.54) is 7.11 Å². The van der Waals surface area contributed by atoms with Crippen LogP contribution in [-0.4, -0.2) is 95.5 Å². The lowest BCUT2D eigenvalue weighted by Crippen LogP contribution is -2.54. The van der Waals surface area contributed by atoms with Crippen molar-refractivity contribution in [2.45, 2.75) is 38.3 Å². The van der Waals surface area contributed by atoms with E-state index in [1.54, 1.807) is 4.90 Å². The summed E-state index contributed by atoms with van der Waals surface area (Å²) in [6.07, 6.45) is -0.232. The van der Waals surface area contributed by atoms with Gasteiger partial charge in [-0.25, -0.2) is 4.79 Å². The number of aliphatic hydroxyl groups is 1. The zero-order valence-corrected chi connectivity index (χ0v) is 18.5. The molecule has 2 amide bonds. The number of esters is 1. The number of ether oxygens (including phenoxy) is 3. The molecule has 1 fully saturated rings. The Kier molecular flexibility index (Phi) is 9.69. The molecule has 11 nitrogen and oxygen atoms in total. The van der Waals surface area contributed by atoms with E-state index in [-0.39, 0.29) is 31.6 Å². The Hall–Kier alpha value is -2.02. The second-order valence-electron chi connectivity index (χ2n) is 7.58. The number of carbonyl (C=O) groups excluding carboxylic acids is 2. The number of urea groups is 1. The molecule has 1 aliphatic rings. The van der Waals surface area contributed by atoms with Gasteiger partial charge in [0.2, 0.25) is 5.88 Å². The quantitative estimate of drug-likeness (QED) is 0.396. The molecule has 0 spiro atoms. The molecular weight excluding hydrogens is 414 g/mol. The van der Waals surface area contributed by atoms with Crippen LogP contribution in [0.4, 0.5) is 4.79 Å². The topological polar surface area (TPSA) is 135 Å². The molecule has 0 aliphatic carbocycles. The standard InChI is InChI=1S/C18H31N5O6S/c1-18(2,12-19-17(26)23-6-8-28-9-7-23)20-10-13(24)11-29-16-14(21-30-22-16)4-5-15(25)27-3/h13,20,24H,4-12H2,1-3H3,(H,19,26). The predicted octanol–water partition coefficient (Wildman–Crippen LogP) is -0.207. The van der Waals surface area contributed by atoms with Crippen molar-refractivity contribution < 1.29 is 28.9 Å². The summed E-state index contributed by atoms with van der Waals surface area (Å²) in [5, 5.41) is 16.4. The minimum atomic E-state index is -0.783. The first-order valence-corrected chi connectivity index (χ1v) is 10.6. The Morgan fingerprint density at radius 3 is 2.77 bits per heavy atom. The minimum Gasteiger partial charge on any atom is -0.473 e. The lowest BCUT2D eigenvalue weighted by molar-refractivity contribution is -0.140. The number of hydrogen-bond donors (Lipinski definition) is 3. The van der Waals surface area contributed by atoms with Crippen LogP contribution in [0.1, 0.15) is 26.0 Å². The number of amides is 2. The number of aryl methyl sites for hydroxylation is 1. The summed E-state index contributed by atoms with van der Waals surface area (Å²) < 4.78 is 23.6. The van der Waals surface area contributed by atoms with E-state index in [2.05, 4.69) is 24.1 Å². The Labute approximate surface area is 180 Å². The van der Waals surface area contributed by atoms with Crippen molar-refractivity contribution in [3.63, 3.8) is 0 Å². The van der Waals surface area contributed by atoms with Crippen LogP contribution in [0, 0.1) is 0 Å². The number of morpholine rings is 1. The Balaban J connectivity index is 1.68. The maximum Gasteiger partial charge on any atom is 0.317 e. The van der Waals surface area contributed by atoms with Gasteiger partial charge in [0.15, 0.2) is 0 Å². The van der Waals surface area contributed by atoms with E-state index >= 15 is 0 Å². The van der Waals surface area contributed by atoms with Crippen molar-refractivity contribution in [2.75, 3.05) is 53.1 Å². The monoisotopic (exact) mass is 445 g/mol. The van der Waals surface area contributed by atoms with Crippen LogP contribution >= 0.6 is 11.7 Å². The summed E-state index contributed by atoms with van der Waals surface area (Å²) in [4.78, 5) is 25.2. The largest absolute Gasteiger partial charge is 0.473 e. The molecular formula is C18H31N5O6S. The number of aromatic nitrogens is 2. The van der Waals surface area contributed by atoms with Crippen molar-refractivity contribution in [2.24, 2.45) is 0 Å². The normalized spacial score (nSPS) is 15.5. The Morgan fingerprint density at radius 2 is 2.07 bits per heavy atom. The fourth-order valence-corrected chi connectivity index (χ4v) is 3.19. The van der Waals surface area contributed by atoms with Gasteiger partial charge in [-0.05, 0) is 13.8 Å². The zero-order chi connectivity index (χ0) is 22.0. The van der Waals surface area contributed by atoms with E-state index in [0.717, 1.165) is 11.7 Å². The average molecular weight is 446 g/mol. The molecule has 1 aliphatic heterocycles. The molecule has 170 valence electrons. The summed E-state index contributed by atoms with van der Waals surface area (Å²) in [5.74, 6) is -0.0129. The van der Waals surface area contributed by atoms with E-state index in [0.29, 0.717) is 50.8 Å². The first-order valence-electron chi connectivity index (χ1n) is 9.85. The number of rotatable bonds is 11. The SMILES string of the molecule is COC(=O)CCc1nsnc1OCC(O)CNC(C)(C)CNC(=O)N1CCOCC1. The summed E-state index contributed by atoms with van der Waals surface area (Å²) in [6, 6.07) is -0.118. The molecule has 1 aromatic rings. The second-order valence-corrected chi connectivity index (χ2v) is 8.11. The number of β-amino-alcohol motifs (C(OH)–C–C–N with tert-alkyl or cyclic N) is 1. The van der Waals surface area contributed by atoms with Crippen LogP contribution in [0.2, 0.25) is 0 Å². The average Bonchev–Trinajstić information content (AvgIpc) is 3.21. The van der Waals surface area contributed by atoms with Gasteiger partial charge in [0, 0.05) is 38.1 Å². The van der Waals surface area contributed by atoms with Crippen LogP contribution in [0.15, 0.2) is 0 Å². The van der Waals surface area contributed by atoms with E-state index in [1.807, 2.05) is 13.8 Å². The van der Waals surface area contributed by atoms with Crippen LogP contribution < -0.4 is 15.4 Å². The summed E-state index contributed by atoms with van der Waals surface area (Å²) in [7, 11) is 1.33. The third-order valence-electron chi connectivity index (χ3n) is 4.52. The van der Waals surface area contributed by atoms with Gasteiger partial charge in [-0.3, -0.25) is 4.79 Å². The van der Waals surface area contributed by atoms with Crippen molar-refractivity contribution in [1.82, 2.24) is 24.3 Å². The molecule has 1 unspecified atom stereocenters. The lowest BCUT2D eigenvalue weighted by atomic mass is 10.1. The van der Waals surface area contributed by atoms with E-state index < -0.39 is 11.6 Å². The van der Waals surface area contributed by atoms with E-state index in [9.17, 15) is 14.7 Å². The predicted molar refractivity (Wildman–Crippen MR) is 110 cm³/mol. The number of hydrogen-bond acceptors (Lipinski definition) is 10. The van der Waals surface area contributed by atoms with Gasteiger partial charge in [-0.2, -0.15) is 4.37 Å². The van der Waals surface area contributed by atoms with Gasteiger partial charge in [-0.1, -0.05) is 0 Å². The van der Waals surface area contributed by atoms with Gasteiger partial charge in [-0.15, -0.1) is 4.37 Å². The fourth-order valence-electron chi connectivity index (χ4n) is 2.65. The highest BCUT2D eigenvalue weighted by Gasteiger charge is 2.23. The molecule has 3 N–H and O–H groups in total. The minimum absolute atomic E-state index is 0.0276. The Morgan fingerprint density at radius 1 is 1.33 bits per heavy atom. The van der Waals surface area contributed by atoms with Gasteiger partial charge >= 0.3 is 12.0 Å². The van der Waals surface area contributed by atoms with Crippen LogP contribution in [0.5, 0.6) is 5.88 Å². The molecule has 1 saturated heterocycles. The molecule has 1 atom stereocenters. The maximum absolute atomic E-state index is 12.2. The van der Waals surface area contributed by atoms with Crippen LogP contribution in [0.3, 0.4) is 0 Å². The third-order valence-corrected chi connectivity index (χ3v) is 5.07. The molecule has 2 heterocycles. The van der Waals surface area contributed by atoms with Crippen LogP contribution in [0.25, 0.3) is 0 Å². The highest BCUT2D eigenvalue weighted by Crippen LogP contribution is 2.17. The molecule has 0 bridgehead atoms. The van der Waals surface area contributed by atoms with Gasteiger partial charge in [0.25, 0.3) is 0 Å². The summed E-state index contributed by atoms with van der Waals surface area (Å²) in [5.41, 5.74) is 0.147. The van der Waals surface area contributed by atoms with Crippen molar-refractivity contribution in [1.29, 1.82) is 0 Å². The number of nitrogens with one attached hydrogen (secondary N) is 2. The molecule has 0 saturated carbocycles. The van der Waals surface area contributed by atoms with Gasteiger partial charge in [0.05, 0.1) is 38.5 Å². The zero-order valence-electron chi connectivity index (χ0n) is 17.7. The first-order chi connectivity index (χ1) is 14.3. The number of methoxy groups -OCH3 is 1. The van der Waals surface area contributed by atoms with Crippen molar-refractivity contribution in [3.8, 4) is 5.88 Å². The number of aliphatic hydroxyl groups excluding tert-OH is 1. The highest BCUT2D eigenvalue weighted by atomic mass is 32.1.